The van der Waals surface area contributed by atoms with Gasteiger partial charge in [0, 0.05) is 11.8 Å². The number of carbonyl (C=O) groups is 1. The second-order valence-electron chi connectivity index (χ2n) is 3.83. The van der Waals surface area contributed by atoms with E-state index in [0.29, 0.717) is 11.1 Å². The molecule has 2 aromatic rings. The van der Waals surface area contributed by atoms with Crippen LogP contribution in [0.5, 0.6) is 5.75 Å². The second kappa shape index (κ2) is 6.20. The summed E-state index contributed by atoms with van der Waals surface area (Å²) < 4.78 is 0. The molecule has 0 aromatic heterocycles. The van der Waals surface area contributed by atoms with E-state index < -0.39 is 0 Å². The third kappa shape index (κ3) is 3.23. The fraction of sp³-hybridized carbons (Fsp3) is 0.0667. The van der Waals surface area contributed by atoms with Gasteiger partial charge < -0.3 is 5.11 Å². The first-order valence-corrected chi connectivity index (χ1v) is 6.94. The van der Waals surface area contributed by atoms with Crippen LogP contribution in [0.15, 0.2) is 53.5 Å². The molecule has 0 aliphatic rings. The number of para-hydroxylation sites is 2. The van der Waals surface area contributed by atoms with E-state index in [1.165, 1.54) is 0 Å². The minimum atomic E-state index is -0.160. The van der Waals surface area contributed by atoms with Crippen LogP contribution in [0.4, 0.5) is 5.69 Å². The highest BCUT2D eigenvalue weighted by Crippen LogP contribution is 2.25. The normalized spacial score (nSPS) is 10.8. The Balaban J connectivity index is 2.31. The first kappa shape index (κ1) is 13.4. The number of thioether (sulfide) groups is 1. The van der Waals surface area contributed by atoms with Gasteiger partial charge in [-0.15, -0.1) is 0 Å². The van der Waals surface area contributed by atoms with Gasteiger partial charge in [-0.25, -0.2) is 0 Å². The molecule has 0 aliphatic carbocycles. The number of nitrogens with zero attached hydrogens (tertiary/aromatic N) is 1. The molecule has 1 N–H and O–H groups in total. The predicted molar refractivity (Wildman–Crippen MR) is 79.6 cm³/mol. The summed E-state index contributed by atoms with van der Waals surface area (Å²) in [4.78, 5) is 15.9. The Labute approximate surface area is 116 Å². The molecule has 0 bridgehead atoms. The molecule has 0 atom stereocenters. The number of phenols is 1. The number of rotatable bonds is 3. The van der Waals surface area contributed by atoms with Crippen molar-refractivity contribution in [2.75, 3.05) is 6.26 Å². The molecule has 0 fully saturated rings. The van der Waals surface area contributed by atoms with Crippen LogP contribution in [-0.4, -0.2) is 22.7 Å². The quantitative estimate of drug-likeness (QED) is 0.867. The summed E-state index contributed by atoms with van der Waals surface area (Å²) in [5.41, 5.74) is 1.64. The molecule has 0 saturated carbocycles. The maximum absolute atomic E-state index is 11.6. The zero-order valence-electron chi connectivity index (χ0n) is 10.4. The summed E-state index contributed by atoms with van der Waals surface area (Å²) in [5, 5.41) is 9.88. The van der Waals surface area contributed by atoms with E-state index in [1.807, 2.05) is 30.3 Å². The number of carbonyl (C=O) groups excluding carboxylic acids is 1. The van der Waals surface area contributed by atoms with Crippen molar-refractivity contribution in [3.05, 3.63) is 59.7 Å². The van der Waals surface area contributed by atoms with Crippen molar-refractivity contribution in [2.24, 2.45) is 4.99 Å². The largest absolute Gasteiger partial charge is 0.506 e. The van der Waals surface area contributed by atoms with E-state index in [1.54, 1.807) is 30.7 Å². The number of phenolic OH excluding ortho intramolecular Hbond substituents is 1. The van der Waals surface area contributed by atoms with Crippen LogP contribution in [0.3, 0.4) is 0 Å². The third-order valence-electron chi connectivity index (χ3n) is 2.58. The van der Waals surface area contributed by atoms with Gasteiger partial charge in [0.15, 0.2) is 0 Å². The second-order valence-corrected chi connectivity index (χ2v) is 4.61. The lowest BCUT2D eigenvalue weighted by molar-refractivity contribution is 0.108. The minimum Gasteiger partial charge on any atom is -0.506 e. The Bertz CT molecular complexity index is 609. The van der Waals surface area contributed by atoms with Gasteiger partial charge in [0.25, 0.3) is 0 Å². The lowest BCUT2D eigenvalue weighted by Gasteiger charge is -2.04. The molecule has 0 heterocycles. The third-order valence-corrected chi connectivity index (χ3v) is 3.17. The highest BCUT2D eigenvalue weighted by Gasteiger charge is 2.11. The van der Waals surface area contributed by atoms with Gasteiger partial charge in [0.1, 0.15) is 5.75 Å². The van der Waals surface area contributed by atoms with Crippen LogP contribution < -0.4 is 0 Å². The van der Waals surface area contributed by atoms with Gasteiger partial charge in [0.2, 0.25) is 5.12 Å². The molecular weight excluding hydrogens is 258 g/mol. The summed E-state index contributed by atoms with van der Waals surface area (Å²) in [6.45, 7) is 0. The van der Waals surface area contributed by atoms with Crippen LogP contribution in [-0.2, 0) is 0 Å². The highest BCUT2D eigenvalue weighted by atomic mass is 32.2. The van der Waals surface area contributed by atoms with Crippen molar-refractivity contribution < 1.29 is 9.90 Å². The predicted octanol–water partition coefficient (Wildman–Crippen LogP) is 3.65. The molecular formula is C15H13NO2S. The molecule has 0 radical (unpaired) electrons. The number of benzene rings is 2. The van der Waals surface area contributed by atoms with Crippen LogP contribution >= 0.6 is 11.8 Å². The van der Waals surface area contributed by atoms with Gasteiger partial charge in [-0.2, -0.15) is 0 Å². The molecule has 3 nitrogen and oxygen atoms in total. The first-order chi connectivity index (χ1) is 9.22. The fourth-order valence-electron chi connectivity index (χ4n) is 1.60. The maximum Gasteiger partial charge on any atom is 0.222 e. The molecule has 96 valence electrons. The SMILES string of the molecule is CSC(=O)c1cccc(/C=N/c2ccccc2)c1O. The summed E-state index contributed by atoms with van der Waals surface area (Å²) in [6.07, 6.45) is 3.24. The molecule has 4 heteroatoms. The Morgan fingerprint density at radius 3 is 2.58 bits per heavy atom. The van der Waals surface area contributed by atoms with E-state index in [0.717, 1.165) is 17.4 Å². The summed E-state index contributed by atoms with van der Waals surface area (Å²) >= 11 is 1.07. The van der Waals surface area contributed by atoms with Gasteiger partial charge in [-0.3, -0.25) is 9.79 Å². The van der Waals surface area contributed by atoms with Crippen molar-refractivity contribution in [2.45, 2.75) is 0 Å². The van der Waals surface area contributed by atoms with Crippen molar-refractivity contribution >= 4 is 28.8 Å². The van der Waals surface area contributed by atoms with E-state index >= 15 is 0 Å². The van der Waals surface area contributed by atoms with Crippen molar-refractivity contribution in [1.82, 2.24) is 0 Å². The molecule has 0 amide bonds. The number of hydrogen-bond donors (Lipinski definition) is 1. The topological polar surface area (TPSA) is 49.7 Å². The first-order valence-electron chi connectivity index (χ1n) is 5.72. The van der Waals surface area contributed by atoms with Crippen molar-refractivity contribution in [1.29, 1.82) is 0 Å². The van der Waals surface area contributed by atoms with Gasteiger partial charge in [-0.1, -0.05) is 36.0 Å². The zero-order chi connectivity index (χ0) is 13.7. The monoisotopic (exact) mass is 271 g/mol. The van der Waals surface area contributed by atoms with Crippen LogP contribution in [0.2, 0.25) is 0 Å². The minimum absolute atomic E-state index is 0.0264. The van der Waals surface area contributed by atoms with Crippen molar-refractivity contribution in [3.63, 3.8) is 0 Å². The fourth-order valence-corrected chi connectivity index (χ4v) is 1.98. The Morgan fingerprint density at radius 1 is 1.16 bits per heavy atom. The molecule has 0 unspecified atom stereocenters. The average molecular weight is 271 g/mol. The molecule has 2 rings (SSSR count). The summed E-state index contributed by atoms with van der Waals surface area (Å²) in [5.74, 6) is -0.0264. The van der Waals surface area contributed by atoms with E-state index in [2.05, 4.69) is 4.99 Å². The van der Waals surface area contributed by atoms with E-state index in [9.17, 15) is 9.90 Å². The highest BCUT2D eigenvalue weighted by molar-refractivity contribution is 8.13. The zero-order valence-corrected chi connectivity index (χ0v) is 11.2. The van der Waals surface area contributed by atoms with Gasteiger partial charge >= 0.3 is 0 Å². The maximum atomic E-state index is 11.6. The average Bonchev–Trinajstić information content (AvgIpc) is 2.46. The van der Waals surface area contributed by atoms with Crippen molar-refractivity contribution in [3.8, 4) is 5.75 Å². The molecule has 2 aromatic carbocycles. The van der Waals surface area contributed by atoms with Crippen LogP contribution in [0, 0.1) is 0 Å². The van der Waals surface area contributed by atoms with E-state index in [4.69, 9.17) is 0 Å². The molecule has 0 spiro atoms. The van der Waals surface area contributed by atoms with Crippen LogP contribution in [0.25, 0.3) is 0 Å². The number of aliphatic imine (C=N–C) groups is 1. The molecule has 19 heavy (non-hydrogen) atoms. The van der Waals surface area contributed by atoms with Crippen LogP contribution in [0.1, 0.15) is 15.9 Å². The Hall–Kier alpha value is -2.07. The molecule has 0 saturated heterocycles. The molecule has 0 aliphatic heterocycles. The Kier molecular flexibility index (Phi) is 4.36. The number of hydrogen-bond acceptors (Lipinski definition) is 4. The standard InChI is InChI=1S/C15H13NO2S/c1-19-15(18)13-9-5-6-11(14(13)17)10-16-12-7-3-2-4-8-12/h2-10,17H,1H3/b16-10+. The summed E-state index contributed by atoms with van der Waals surface area (Å²) in [6, 6.07) is 14.5. The smallest absolute Gasteiger partial charge is 0.222 e. The summed E-state index contributed by atoms with van der Waals surface area (Å²) in [7, 11) is 0. The van der Waals surface area contributed by atoms with Gasteiger partial charge in [-0.05, 0) is 30.5 Å². The van der Waals surface area contributed by atoms with E-state index in [-0.39, 0.29) is 10.9 Å². The lowest BCUT2D eigenvalue weighted by atomic mass is 10.1. The lowest BCUT2D eigenvalue weighted by Crippen LogP contribution is -1.95. The Morgan fingerprint density at radius 2 is 1.89 bits per heavy atom. The van der Waals surface area contributed by atoms with Gasteiger partial charge in [0.05, 0.1) is 11.3 Å². The number of aromatic hydroxyl groups is 1.